The summed E-state index contributed by atoms with van der Waals surface area (Å²) in [6.07, 6.45) is 6.63. The highest BCUT2D eigenvalue weighted by Gasteiger charge is 2.79. The van der Waals surface area contributed by atoms with E-state index in [0.29, 0.717) is 29.7 Å². The zero-order valence-electron chi connectivity index (χ0n) is 19.6. The van der Waals surface area contributed by atoms with Crippen molar-refractivity contribution in [3.05, 3.63) is 47.5 Å². The van der Waals surface area contributed by atoms with E-state index in [9.17, 15) is 14.4 Å². The molecule has 5 nitrogen and oxygen atoms in total. The molecule has 0 unspecified atom stereocenters. The molecule has 1 saturated heterocycles. The summed E-state index contributed by atoms with van der Waals surface area (Å²) in [5, 5.41) is 0. The van der Waals surface area contributed by atoms with Crippen LogP contribution in [0.5, 0.6) is 0 Å². The highest BCUT2D eigenvalue weighted by atomic mass is 16.6. The van der Waals surface area contributed by atoms with Crippen LogP contribution in [0.4, 0.5) is 0 Å². The predicted octanol–water partition coefficient (Wildman–Crippen LogP) is 4.69. The number of Topliss-reactive ketones (excluding diaryl/α,β-unsaturated/α-hetero) is 2. The van der Waals surface area contributed by atoms with Crippen LogP contribution in [0.2, 0.25) is 0 Å². The largest absolute Gasteiger partial charge is 0.455 e. The van der Waals surface area contributed by atoms with Gasteiger partial charge in [0, 0.05) is 17.4 Å². The normalized spacial score (nSPS) is 45.1. The molecule has 8 atom stereocenters. The van der Waals surface area contributed by atoms with Gasteiger partial charge in [-0.1, -0.05) is 32.0 Å². The van der Waals surface area contributed by atoms with Crippen molar-refractivity contribution in [3.63, 3.8) is 0 Å². The van der Waals surface area contributed by atoms with Crippen molar-refractivity contribution >= 4 is 17.5 Å². The van der Waals surface area contributed by atoms with Crippen LogP contribution in [0.15, 0.2) is 42.0 Å². The zero-order chi connectivity index (χ0) is 23.2. The molecular weight excluding hydrogens is 416 g/mol. The first-order valence-corrected chi connectivity index (χ1v) is 12.4. The van der Waals surface area contributed by atoms with Crippen LogP contribution < -0.4 is 0 Å². The Balaban J connectivity index is 1.26. The standard InChI is InChI=1S/C28H32O5/c1-16(29)28-24(33-28)15-21-19-14-23(30)22-13-18(32-25(31)17-7-5-4-6-8-17)9-11-26(22,2)20(19)10-12-27(21,28)3/h4-8,13,18-21,24H,9-12,14-15H2,1-3H3/t18-,19+,20-,21-,24+,26+,27-,28+/m0/s1. The Morgan fingerprint density at radius 2 is 1.82 bits per heavy atom. The second-order valence-electron chi connectivity index (χ2n) is 11.4. The van der Waals surface area contributed by atoms with Gasteiger partial charge in [0.2, 0.25) is 0 Å². The summed E-state index contributed by atoms with van der Waals surface area (Å²) in [6.45, 7) is 6.16. The van der Waals surface area contributed by atoms with Crippen LogP contribution in [0.1, 0.15) is 69.7 Å². The number of benzene rings is 1. The van der Waals surface area contributed by atoms with Crippen molar-refractivity contribution in [3.8, 4) is 0 Å². The van der Waals surface area contributed by atoms with Gasteiger partial charge in [-0.3, -0.25) is 9.59 Å². The lowest BCUT2D eigenvalue weighted by Crippen LogP contribution is -2.56. The average molecular weight is 449 g/mol. The fourth-order valence-corrected chi connectivity index (χ4v) is 8.46. The summed E-state index contributed by atoms with van der Waals surface area (Å²) in [7, 11) is 0. The molecule has 1 aromatic carbocycles. The van der Waals surface area contributed by atoms with E-state index in [1.165, 1.54) is 0 Å². The van der Waals surface area contributed by atoms with Gasteiger partial charge in [0.1, 0.15) is 6.10 Å². The molecule has 3 saturated carbocycles. The Morgan fingerprint density at radius 3 is 2.55 bits per heavy atom. The number of carbonyl (C=O) groups excluding carboxylic acids is 3. The Bertz CT molecular complexity index is 1080. The highest BCUT2D eigenvalue weighted by Crippen LogP contribution is 2.73. The van der Waals surface area contributed by atoms with Crippen LogP contribution in [0.3, 0.4) is 0 Å². The van der Waals surface area contributed by atoms with Crippen molar-refractivity contribution in [1.29, 1.82) is 0 Å². The molecule has 4 aliphatic carbocycles. The number of carbonyl (C=O) groups is 3. The van der Waals surface area contributed by atoms with E-state index in [1.807, 2.05) is 24.3 Å². The summed E-state index contributed by atoms with van der Waals surface area (Å²) >= 11 is 0. The van der Waals surface area contributed by atoms with Crippen LogP contribution in [-0.4, -0.2) is 35.3 Å². The Labute approximate surface area is 194 Å². The van der Waals surface area contributed by atoms with E-state index >= 15 is 0 Å². The first-order valence-electron chi connectivity index (χ1n) is 12.4. The second-order valence-corrected chi connectivity index (χ2v) is 11.4. The molecule has 33 heavy (non-hydrogen) atoms. The summed E-state index contributed by atoms with van der Waals surface area (Å²) in [6, 6.07) is 9.02. The number of esters is 1. The maximum absolute atomic E-state index is 13.5. The quantitative estimate of drug-likeness (QED) is 0.495. The van der Waals surface area contributed by atoms with Crippen LogP contribution in [0.25, 0.3) is 0 Å². The molecule has 1 aliphatic heterocycles. The third-order valence-corrected chi connectivity index (χ3v) is 10.1. The van der Waals surface area contributed by atoms with Crippen molar-refractivity contribution in [2.24, 2.45) is 28.6 Å². The summed E-state index contributed by atoms with van der Waals surface area (Å²) in [4.78, 5) is 38.6. The van der Waals surface area contributed by atoms with E-state index in [4.69, 9.17) is 9.47 Å². The maximum Gasteiger partial charge on any atom is 0.338 e. The van der Waals surface area contributed by atoms with E-state index in [-0.39, 0.29) is 40.6 Å². The minimum Gasteiger partial charge on any atom is -0.455 e. The number of hydrogen-bond donors (Lipinski definition) is 0. The van der Waals surface area contributed by atoms with Crippen molar-refractivity contribution in [2.75, 3.05) is 0 Å². The zero-order valence-corrected chi connectivity index (χ0v) is 19.6. The van der Waals surface area contributed by atoms with Gasteiger partial charge in [-0.05, 0) is 80.4 Å². The molecule has 6 rings (SSSR count). The van der Waals surface area contributed by atoms with Gasteiger partial charge < -0.3 is 9.47 Å². The number of ether oxygens (including phenoxy) is 2. The molecular formula is C28H32O5. The van der Waals surface area contributed by atoms with Gasteiger partial charge in [-0.25, -0.2) is 4.79 Å². The third kappa shape index (κ3) is 2.72. The number of ketones is 2. The smallest absolute Gasteiger partial charge is 0.338 e. The summed E-state index contributed by atoms with van der Waals surface area (Å²) in [5.74, 6) is 1.10. The number of epoxide rings is 1. The number of allylic oxidation sites excluding steroid dienone is 1. The third-order valence-electron chi connectivity index (χ3n) is 10.1. The number of rotatable bonds is 3. The van der Waals surface area contributed by atoms with Crippen LogP contribution >= 0.6 is 0 Å². The van der Waals surface area contributed by atoms with E-state index < -0.39 is 5.60 Å². The minimum absolute atomic E-state index is 0.0386. The molecule has 0 aromatic heterocycles. The second kappa shape index (κ2) is 6.88. The van der Waals surface area contributed by atoms with Crippen molar-refractivity contribution < 1.29 is 23.9 Å². The SMILES string of the molecule is CC(=O)[C@@]12O[C@@H]1C[C@H]1[C@@H]3CC(=O)C4=C[C@@H](OC(=O)c5ccccc5)CC[C@]4(C)[C@H]3CC[C@@]12C. The first-order chi connectivity index (χ1) is 15.7. The average Bonchev–Trinajstić information content (AvgIpc) is 3.48. The molecule has 0 bridgehead atoms. The Morgan fingerprint density at radius 1 is 1.06 bits per heavy atom. The minimum atomic E-state index is -0.605. The fourth-order valence-electron chi connectivity index (χ4n) is 8.46. The Hall–Kier alpha value is -2.27. The van der Waals surface area contributed by atoms with E-state index in [1.54, 1.807) is 19.1 Å². The molecule has 0 N–H and O–H groups in total. The lowest BCUT2D eigenvalue weighted by atomic mass is 9.46. The van der Waals surface area contributed by atoms with E-state index in [0.717, 1.165) is 37.7 Å². The maximum atomic E-state index is 13.5. The Kier molecular flexibility index (Phi) is 4.43. The monoisotopic (exact) mass is 448 g/mol. The first kappa shape index (κ1) is 21.3. The van der Waals surface area contributed by atoms with E-state index in [2.05, 4.69) is 13.8 Å². The molecule has 174 valence electrons. The summed E-state index contributed by atoms with van der Waals surface area (Å²) in [5.41, 5.74) is 0.447. The molecule has 4 fully saturated rings. The van der Waals surface area contributed by atoms with Gasteiger partial charge in [0.05, 0.1) is 11.7 Å². The molecule has 0 spiro atoms. The van der Waals surface area contributed by atoms with Crippen molar-refractivity contribution in [1.82, 2.24) is 0 Å². The van der Waals surface area contributed by atoms with Gasteiger partial charge in [0.15, 0.2) is 17.2 Å². The van der Waals surface area contributed by atoms with Gasteiger partial charge >= 0.3 is 5.97 Å². The highest BCUT2D eigenvalue weighted by molar-refractivity contribution is 5.98. The molecule has 0 radical (unpaired) electrons. The van der Waals surface area contributed by atoms with Crippen LogP contribution in [-0.2, 0) is 19.1 Å². The van der Waals surface area contributed by atoms with Gasteiger partial charge in [-0.15, -0.1) is 0 Å². The molecule has 5 aliphatic rings. The molecule has 1 heterocycles. The lowest BCUT2D eigenvalue weighted by molar-refractivity contribution is -0.141. The molecule has 5 heteroatoms. The molecule has 0 amide bonds. The predicted molar refractivity (Wildman–Crippen MR) is 121 cm³/mol. The topological polar surface area (TPSA) is 73.0 Å². The van der Waals surface area contributed by atoms with Crippen molar-refractivity contribution in [2.45, 2.75) is 77.1 Å². The fraction of sp³-hybridized carbons (Fsp3) is 0.607. The van der Waals surface area contributed by atoms with Gasteiger partial charge in [0.25, 0.3) is 0 Å². The lowest BCUT2D eigenvalue weighted by Gasteiger charge is -2.58. The summed E-state index contributed by atoms with van der Waals surface area (Å²) < 4.78 is 11.8. The van der Waals surface area contributed by atoms with Gasteiger partial charge in [-0.2, -0.15) is 0 Å². The van der Waals surface area contributed by atoms with Crippen LogP contribution in [0, 0.1) is 28.6 Å². The number of hydrogen-bond acceptors (Lipinski definition) is 5. The molecule has 1 aromatic rings. The number of fused-ring (bicyclic) bond motifs is 7.